The largest absolute Gasteiger partial charge is 0.573 e. The fourth-order valence-corrected chi connectivity index (χ4v) is 3.05. The Hall–Kier alpha value is -2.69. The summed E-state index contributed by atoms with van der Waals surface area (Å²) in [6.45, 7) is 0. The number of nitrogens with zero attached hydrogens (tertiary/aromatic N) is 3. The van der Waals surface area contributed by atoms with Gasteiger partial charge in [-0.25, -0.2) is 9.99 Å². The van der Waals surface area contributed by atoms with Crippen LogP contribution >= 0.6 is 11.3 Å². The molecule has 1 aromatic heterocycles. The average Bonchev–Trinajstić information content (AvgIpc) is 2.89. The number of aromatic nitrogens is 1. The van der Waals surface area contributed by atoms with E-state index in [1.807, 2.05) is 0 Å². The van der Waals surface area contributed by atoms with E-state index in [1.54, 1.807) is 0 Å². The van der Waals surface area contributed by atoms with Gasteiger partial charge in [0.25, 0.3) is 5.91 Å². The lowest BCUT2D eigenvalue weighted by atomic mass is 10.1. The smallest absolute Gasteiger partial charge is 0.406 e. The number of hydrazone groups is 1. The number of ether oxygens (including phenoxy) is 1. The molecule has 25 heavy (non-hydrogen) atoms. The first kappa shape index (κ1) is 17.1. The van der Waals surface area contributed by atoms with E-state index in [0.717, 1.165) is 22.4 Å². The van der Waals surface area contributed by atoms with Gasteiger partial charge in [0, 0.05) is 26.0 Å². The number of hydrogen-bond acceptors (Lipinski definition) is 6. The van der Waals surface area contributed by atoms with E-state index in [-0.39, 0.29) is 35.3 Å². The molecule has 2 amide bonds. The molecule has 3 rings (SSSR count). The highest BCUT2D eigenvalue weighted by molar-refractivity contribution is 7.22. The summed E-state index contributed by atoms with van der Waals surface area (Å²) < 4.78 is 41.0. The van der Waals surface area contributed by atoms with Crippen LogP contribution in [0.2, 0.25) is 0 Å². The third-order valence-electron chi connectivity index (χ3n) is 3.28. The Morgan fingerprint density at radius 3 is 2.80 bits per heavy atom. The fourth-order valence-electron chi connectivity index (χ4n) is 2.16. The predicted octanol–water partition coefficient (Wildman–Crippen LogP) is 2.74. The number of hydrogen-bond donors (Lipinski definition) is 1. The molecule has 0 unspecified atom stereocenters. The molecular formula is C14H11F3N4O3S. The maximum absolute atomic E-state index is 12.3. The van der Waals surface area contributed by atoms with Crippen LogP contribution in [-0.4, -0.2) is 40.9 Å². The molecule has 0 fully saturated rings. The van der Waals surface area contributed by atoms with Crippen LogP contribution in [0.1, 0.15) is 12.8 Å². The third kappa shape index (κ3) is 4.05. The lowest BCUT2D eigenvalue weighted by Crippen LogP contribution is -2.34. The number of amides is 2. The predicted molar refractivity (Wildman–Crippen MR) is 84.4 cm³/mol. The molecule has 0 saturated carbocycles. The molecule has 2 aromatic rings. The number of anilines is 1. The van der Waals surface area contributed by atoms with Gasteiger partial charge >= 0.3 is 6.36 Å². The van der Waals surface area contributed by atoms with E-state index in [1.165, 1.54) is 19.2 Å². The molecular weight excluding hydrogens is 361 g/mol. The second kappa shape index (κ2) is 6.31. The molecule has 2 heterocycles. The zero-order valence-electron chi connectivity index (χ0n) is 12.8. The molecule has 0 aliphatic carbocycles. The summed E-state index contributed by atoms with van der Waals surface area (Å²) in [7, 11) is 1.45. The number of carbonyl (C=O) groups is 2. The number of alkyl halides is 3. The number of carbonyl (C=O) groups excluding carboxylic acids is 2. The summed E-state index contributed by atoms with van der Waals surface area (Å²) >= 11 is 1.01. The van der Waals surface area contributed by atoms with Gasteiger partial charge in [-0.05, 0) is 12.1 Å². The van der Waals surface area contributed by atoms with Crippen molar-refractivity contribution in [2.75, 3.05) is 12.4 Å². The molecule has 1 aliphatic rings. The Morgan fingerprint density at radius 1 is 1.36 bits per heavy atom. The number of fused-ring (bicyclic) bond motifs is 1. The van der Waals surface area contributed by atoms with Gasteiger partial charge in [-0.15, -0.1) is 13.2 Å². The lowest BCUT2D eigenvalue weighted by molar-refractivity contribution is -0.274. The van der Waals surface area contributed by atoms with E-state index in [4.69, 9.17) is 0 Å². The Labute approximate surface area is 143 Å². The van der Waals surface area contributed by atoms with Crippen molar-refractivity contribution >= 4 is 44.2 Å². The highest BCUT2D eigenvalue weighted by atomic mass is 32.1. The zero-order valence-corrected chi connectivity index (χ0v) is 13.6. The topological polar surface area (TPSA) is 83.9 Å². The second-order valence-electron chi connectivity index (χ2n) is 5.11. The van der Waals surface area contributed by atoms with Crippen LogP contribution < -0.4 is 10.1 Å². The average molecular weight is 372 g/mol. The molecule has 1 N–H and O–H groups in total. The van der Waals surface area contributed by atoms with Gasteiger partial charge in [-0.2, -0.15) is 5.10 Å². The van der Waals surface area contributed by atoms with E-state index < -0.39 is 12.3 Å². The summed E-state index contributed by atoms with van der Waals surface area (Å²) in [5.41, 5.74) is 0.607. The van der Waals surface area contributed by atoms with Crippen molar-refractivity contribution in [1.29, 1.82) is 0 Å². The van der Waals surface area contributed by atoms with Crippen LogP contribution in [0.5, 0.6) is 5.75 Å². The van der Waals surface area contributed by atoms with Crippen LogP contribution in [0.15, 0.2) is 23.3 Å². The van der Waals surface area contributed by atoms with Crippen LogP contribution in [0.25, 0.3) is 10.2 Å². The van der Waals surface area contributed by atoms with E-state index in [0.29, 0.717) is 10.2 Å². The highest BCUT2D eigenvalue weighted by Gasteiger charge is 2.31. The summed E-state index contributed by atoms with van der Waals surface area (Å²) in [4.78, 5) is 27.7. The third-order valence-corrected chi connectivity index (χ3v) is 4.22. The minimum absolute atomic E-state index is 0.181. The van der Waals surface area contributed by atoms with Gasteiger partial charge in [-0.1, -0.05) is 11.3 Å². The first-order valence-corrected chi connectivity index (χ1v) is 7.84. The quantitative estimate of drug-likeness (QED) is 0.898. The highest BCUT2D eigenvalue weighted by Crippen LogP contribution is 2.31. The van der Waals surface area contributed by atoms with Gasteiger partial charge in [0.2, 0.25) is 5.91 Å². The monoisotopic (exact) mass is 372 g/mol. The standard InChI is InChI=1S/C14H11F3N4O3S/c1-21-11(22)5-4-9(20-21)12(23)19-13-18-8-3-2-7(6-10(8)25-13)24-14(15,16)17/h2-3,6H,4-5H2,1H3,(H,18,19,23). The van der Waals surface area contributed by atoms with E-state index in [2.05, 4.69) is 20.1 Å². The van der Waals surface area contributed by atoms with Gasteiger partial charge in [0.1, 0.15) is 11.5 Å². The van der Waals surface area contributed by atoms with E-state index >= 15 is 0 Å². The summed E-state index contributed by atoms with van der Waals surface area (Å²) in [6.07, 6.45) is -4.39. The number of rotatable bonds is 3. The van der Waals surface area contributed by atoms with Crippen molar-refractivity contribution in [2.24, 2.45) is 5.10 Å². The summed E-state index contributed by atoms with van der Waals surface area (Å²) in [6, 6.07) is 3.71. The van der Waals surface area contributed by atoms with Gasteiger partial charge in [0.15, 0.2) is 5.13 Å². The van der Waals surface area contributed by atoms with Gasteiger partial charge in [0.05, 0.1) is 10.2 Å². The van der Waals surface area contributed by atoms with Crippen molar-refractivity contribution in [1.82, 2.24) is 9.99 Å². The molecule has 7 nitrogen and oxygen atoms in total. The number of benzene rings is 1. The van der Waals surface area contributed by atoms with Crippen molar-refractivity contribution in [3.05, 3.63) is 18.2 Å². The summed E-state index contributed by atoms with van der Waals surface area (Å²) in [5.74, 6) is -1.06. The van der Waals surface area contributed by atoms with Gasteiger partial charge < -0.3 is 4.74 Å². The maximum atomic E-state index is 12.3. The first-order chi connectivity index (χ1) is 11.7. The second-order valence-corrected chi connectivity index (χ2v) is 6.15. The molecule has 0 saturated heterocycles. The lowest BCUT2D eigenvalue weighted by Gasteiger charge is -2.18. The Morgan fingerprint density at radius 2 is 2.12 bits per heavy atom. The Bertz CT molecular complexity index is 878. The zero-order chi connectivity index (χ0) is 18.2. The minimum atomic E-state index is -4.78. The fraction of sp³-hybridized carbons (Fsp3) is 0.286. The van der Waals surface area contributed by atoms with Crippen LogP contribution in [0, 0.1) is 0 Å². The molecule has 0 bridgehead atoms. The molecule has 1 aromatic carbocycles. The molecule has 132 valence electrons. The van der Waals surface area contributed by atoms with Crippen LogP contribution in [-0.2, 0) is 9.59 Å². The van der Waals surface area contributed by atoms with Crippen LogP contribution in [0.3, 0.4) is 0 Å². The Kier molecular flexibility index (Phi) is 4.33. The number of thiazole rings is 1. The number of nitrogens with one attached hydrogen (secondary N) is 1. The molecule has 0 spiro atoms. The van der Waals surface area contributed by atoms with Crippen LogP contribution in [0.4, 0.5) is 18.3 Å². The minimum Gasteiger partial charge on any atom is -0.406 e. The van der Waals surface area contributed by atoms with Crippen molar-refractivity contribution in [2.45, 2.75) is 19.2 Å². The molecule has 11 heteroatoms. The SMILES string of the molecule is CN1N=C(C(=O)Nc2nc3ccc(OC(F)(F)F)cc3s2)CCC1=O. The first-order valence-electron chi connectivity index (χ1n) is 7.03. The summed E-state index contributed by atoms with van der Waals surface area (Å²) in [5, 5.41) is 7.74. The van der Waals surface area contributed by atoms with Crippen molar-refractivity contribution < 1.29 is 27.5 Å². The molecule has 0 radical (unpaired) electrons. The Balaban J connectivity index is 1.77. The van der Waals surface area contributed by atoms with Crippen molar-refractivity contribution in [3.8, 4) is 5.75 Å². The number of halogens is 3. The van der Waals surface area contributed by atoms with E-state index in [9.17, 15) is 22.8 Å². The normalized spacial score (nSPS) is 15.3. The molecule has 0 atom stereocenters. The van der Waals surface area contributed by atoms with Gasteiger partial charge in [-0.3, -0.25) is 14.9 Å². The van der Waals surface area contributed by atoms with Crippen molar-refractivity contribution in [3.63, 3.8) is 0 Å². The molecule has 1 aliphatic heterocycles. The maximum Gasteiger partial charge on any atom is 0.573 e.